The van der Waals surface area contributed by atoms with Gasteiger partial charge in [0.2, 0.25) is 17.2 Å². The molecule has 5 aromatic rings. The molecule has 0 spiro atoms. The molecule has 0 unspecified atom stereocenters. The number of carboxylic acids is 1. The van der Waals surface area contributed by atoms with E-state index in [0.29, 0.717) is 12.0 Å². The smallest absolute Gasteiger partial charge is 0.573 e. The number of azo groups is 1. The summed E-state index contributed by atoms with van der Waals surface area (Å²) >= 11 is 6.76. The van der Waals surface area contributed by atoms with E-state index in [1.807, 2.05) is 0 Å². The molecule has 30 heteroatoms. The number of rotatable bonds is 19. The Kier molecular flexibility index (Phi) is 17.4. The van der Waals surface area contributed by atoms with Crippen molar-refractivity contribution in [1.82, 2.24) is 15.0 Å². The van der Waals surface area contributed by atoms with Crippen molar-refractivity contribution >= 4 is 100 Å². The minimum atomic E-state index is -5.00. The van der Waals surface area contributed by atoms with Crippen molar-refractivity contribution in [3.8, 4) is 5.75 Å². The average molecular weight is 1020 g/mol. The molecular weight excluding hydrogens is 990 g/mol. The monoisotopic (exact) mass is 1020 g/mol. The van der Waals surface area contributed by atoms with E-state index in [1.54, 1.807) is 25.1 Å². The van der Waals surface area contributed by atoms with Crippen LogP contribution in [0.15, 0.2) is 115 Å². The number of carbonyl (C=O) groups is 1. The Labute approximate surface area is 377 Å². The number of hydrogen-bond donors (Lipinski definition) is 6. The molecule has 0 amide bonds. The molecule has 0 bridgehead atoms. The Bertz CT molecular complexity index is 2870. The first-order chi connectivity index (χ1) is 29.3. The summed E-state index contributed by atoms with van der Waals surface area (Å²) in [6, 6.07) is 18.6. The summed E-state index contributed by atoms with van der Waals surface area (Å²) in [5, 5.41) is 47.3. The fraction of sp³-hybridized carbons (Fsp3) is 0.121. The molecule has 0 atom stereocenters. The van der Waals surface area contributed by atoms with Gasteiger partial charge in [0.05, 0.1) is 39.9 Å². The van der Waals surface area contributed by atoms with Crippen LogP contribution in [-0.4, -0.2) is 95.5 Å². The fourth-order valence-corrected chi connectivity index (χ4v) is 7.61. The quantitative estimate of drug-likeness (QED) is 0.00612. The van der Waals surface area contributed by atoms with E-state index in [9.17, 15) is 44.8 Å². The number of aromatic carboxylic acids is 1. The van der Waals surface area contributed by atoms with Gasteiger partial charge in [-0.25, -0.2) is 22.7 Å². The van der Waals surface area contributed by atoms with E-state index in [-0.39, 0.29) is 67.7 Å². The molecule has 6 N–H and O–H groups in total. The topological polar surface area (TPSA) is 353 Å². The normalized spacial score (nSPS) is 12.2. The number of phenolic OH excluding ortho intramolecular Hbond substituents is 1. The summed E-state index contributed by atoms with van der Waals surface area (Å²) < 4.78 is 99.7. The molecule has 24 nitrogen and oxygen atoms in total. The molecule has 0 fully saturated rings. The minimum absolute atomic E-state index is 0. The van der Waals surface area contributed by atoms with Crippen LogP contribution < -0.4 is 10.2 Å². The number of phenols is 1. The predicted octanol–water partition coefficient (Wildman–Crippen LogP) is 6.25. The number of aromatic nitrogens is 3. The molecule has 5 rings (SSSR count). The van der Waals surface area contributed by atoms with Crippen molar-refractivity contribution in [2.24, 2.45) is 15.3 Å². The van der Waals surface area contributed by atoms with Gasteiger partial charge in [0.1, 0.15) is 5.69 Å². The fourth-order valence-electron chi connectivity index (χ4n) is 5.01. The largest absolute Gasteiger partial charge is 1.00 e. The van der Waals surface area contributed by atoms with Crippen LogP contribution in [0, 0.1) is 0 Å². The van der Waals surface area contributed by atoms with Gasteiger partial charge in [-0.05, 0) is 61.0 Å². The Morgan fingerprint density at radius 1 is 0.937 bits per heavy atom. The molecule has 1 heterocycles. The Morgan fingerprint density at radius 3 is 2.32 bits per heavy atom. The zero-order valence-corrected chi connectivity index (χ0v) is 36.4. The average Bonchev–Trinajstić information content (AvgIpc) is 3.20. The third kappa shape index (κ3) is 14.0. The van der Waals surface area contributed by atoms with Crippen molar-refractivity contribution in [3.63, 3.8) is 0 Å². The zero-order valence-electron chi connectivity index (χ0n) is 31.4. The maximum Gasteiger partial charge on any atom is 1.00 e. The van der Waals surface area contributed by atoms with E-state index in [4.69, 9.17) is 21.4 Å². The van der Waals surface area contributed by atoms with Crippen LogP contribution in [0.1, 0.15) is 22.8 Å². The van der Waals surface area contributed by atoms with E-state index >= 15 is 0 Å². The van der Waals surface area contributed by atoms with Gasteiger partial charge in [-0.1, -0.05) is 47.5 Å². The number of amidine groups is 1. The maximum atomic E-state index is 12.9. The molecule has 0 saturated carbocycles. The molecule has 1 aromatic heterocycles. The van der Waals surface area contributed by atoms with Gasteiger partial charge >= 0.3 is 33.4 Å². The van der Waals surface area contributed by atoms with Gasteiger partial charge in [-0.2, -0.15) is 31.8 Å². The number of anilines is 4. The van der Waals surface area contributed by atoms with Gasteiger partial charge in [0, 0.05) is 28.3 Å². The van der Waals surface area contributed by atoms with Gasteiger partial charge in [-0.3, -0.25) is 9.11 Å². The first-order valence-corrected chi connectivity index (χ1v) is 22.4. The van der Waals surface area contributed by atoms with Crippen LogP contribution in [0.5, 0.6) is 5.75 Å². The summed E-state index contributed by atoms with van der Waals surface area (Å²) in [5.74, 6) is -3.80. The van der Waals surface area contributed by atoms with Gasteiger partial charge < -0.3 is 31.0 Å². The summed E-state index contributed by atoms with van der Waals surface area (Å²) in [7, 11) is -14.0. The first kappa shape index (κ1) is 50.2. The van der Waals surface area contributed by atoms with Crippen LogP contribution in [0.3, 0.4) is 0 Å². The van der Waals surface area contributed by atoms with E-state index < -0.39 is 81.9 Å². The number of hydrogen-bond acceptors (Lipinski definition) is 20. The van der Waals surface area contributed by atoms with Crippen molar-refractivity contribution < 1.29 is 85.2 Å². The van der Waals surface area contributed by atoms with Gasteiger partial charge in [-0.15, -0.1) is 20.2 Å². The third-order valence-corrected chi connectivity index (χ3v) is 11.4. The maximum absolute atomic E-state index is 12.9. The molecule has 0 aliphatic carbocycles. The van der Waals surface area contributed by atoms with Crippen molar-refractivity contribution in [2.45, 2.75) is 21.6 Å². The second-order valence-corrected chi connectivity index (χ2v) is 17.5. The molecule has 0 aliphatic rings. The number of halogens is 1. The summed E-state index contributed by atoms with van der Waals surface area (Å²) in [5.41, 5.74) is 2.96. The van der Waals surface area contributed by atoms with Crippen LogP contribution in [-0.2, 0) is 61.0 Å². The van der Waals surface area contributed by atoms with Gasteiger partial charge in [0.15, 0.2) is 21.4 Å². The number of nitrogens with zero attached hydrogens (tertiary/aromatic N) is 8. The molecule has 338 valence electrons. The summed E-state index contributed by atoms with van der Waals surface area (Å²) in [6.45, 7) is 0.878. The summed E-state index contributed by atoms with van der Waals surface area (Å²) in [6.07, 6.45) is 0. The van der Waals surface area contributed by atoms with Crippen LogP contribution >= 0.6 is 23.6 Å². The molecule has 0 radical (unpaired) electrons. The number of nitrogens with one attached hydrogen (secondary N) is 1. The zero-order chi connectivity index (χ0) is 45.2. The Morgan fingerprint density at radius 2 is 1.67 bits per heavy atom. The SMILES string of the molecule is CCN(c1cccc(S(=O)(=O)CCOS(=O)(=O)O)c1)c1nc(Cl)nc(Nc2cc(S(=O)(=O)O)cc(N=N/C(=N\[N-]c3cc(SOOO)ccc3C(=O)O)c3ccccc3)c2O)n1.[Cu+]. The van der Waals surface area contributed by atoms with Crippen molar-refractivity contribution in [1.29, 1.82) is 0 Å². The molecular formula is C33H29ClCuN9O15S4. The minimum Gasteiger partial charge on any atom is -0.573 e. The van der Waals surface area contributed by atoms with Crippen LogP contribution in [0.2, 0.25) is 5.28 Å². The molecule has 63 heavy (non-hydrogen) atoms. The molecule has 4 aromatic carbocycles. The molecule has 0 saturated heterocycles. The van der Waals surface area contributed by atoms with Crippen LogP contribution in [0.4, 0.5) is 34.6 Å². The third-order valence-electron chi connectivity index (χ3n) is 7.73. The number of benzene rings is 4. The second-order valence-electron chi connectivity index (χ2n) is 11.8. The molecule has 0 aliphatic heterocycles. The van der Waals surface area contributed by atoms with Gasteiger partial charge in [0.25, 0.3) is 10.1 Å². The predicted molar refractivity (Wildman–Crippen MR) is 219 cm³/mol. The standard InChI is InChI=1S/C33H30ClN9O15S4.Cu/c1-2-43(20-9-6-10-22(15-20)60(48,49)14-13-56-62(53,54)55)33-37-31(34)36-32(38-33)35-26-17-23(61(50,51)52)18-27(28(26)44)40-42-29(19-7-4-3-5-8-19)41-39-25-16-21(59-58-57-47)11-12-24(25)30(45)46;/h3-12,15-18H,2,13-14H2,1H3,(H7,35,36,37,38,39,40,41,42,44,45,46,47,50,51,52,53,54,55);/q;+1/p-1. The van der Waals surface area contributed by atoms with Crippen molar-refractivity contribution in [2.75, 3.05) is 29.1 Å². The Balaban J connectivity index is 0.00000871. The van der Waals surface area contributed by atoms with E-state index in [1.165, 1.54) is 59.5 Å². The Hall–Kier alpha value is -5.40. The van der Waals surface area contributed by atoms with E-state index in [2.05, 4.69) is 54.6 Å². The second kappa shape index (κ2) is 21.8. The summed E-state index contributed by atoms with van der Waals surface area (Å²) in [4.78, 5) is 24.8. The van der Waals surface area contributed by atoms with E-state index in [0.717, 1.165) is 12.1 Å². The number of sulfone groups is 1. The number of carboxylic acid groups (broad SMARTS) is 1. The van der Waals surface area contributed by atoms with Crippen molar-refractivity contribution in [3.05, 3.63) is 107 Å². The van der Waals surface area contributed by atoms with Crippen LogP contribution in [0.25, 0.3) is 5.43 Å². The first-order valence-electron chi connectivity index (χ1n) is 16.8. The number of aromatic hydroxyl groups is 1.